The topological polar surface area (TPSA) is 97.1 Å². The van der Waals surface area contributed by atoms with E-state index >= 15 is 0 Å². The van der Waals surface area contributed by atoms with E-state index in [-0.39, 0.29) is 0 Å². The Kier molecular flexibility index (Phi) is 5.13. The molecular weight excluding hydrogens is 360 g/mol. The number of H-pyrrole nitrogens is 1. The Balaban J connectivity index is 1.93. The van der Waals surface area contributed by atoms with Crippen LogP contribution in [0, 0.1) is 13.8 Å². The largest absolute Gasteiger partial charge is 0.354 e. The second-order valence-electron chi connectivity index (χ2n) is 8.55. The minimum absolute atomic E-state index is 0.381. The number of rotatable bonds is 3. The number of hydrogen-bond donors (Lipinski definition) is 4. The highest BCUT2D eigenvalue weighted by Gasteiger charge is 2.21. The van der Waals surface area contributed by atoms with Crippen molar-refractivity contribution in [1.29, 1.82) is 0 Å². The van der Waals surface area contributed by atoms with Gasteiger partial charge in [-0.25, -0.2) is 4.68 Å². The molecule has 6 N–H and O–H groups in total. The van der Waals surface area contributed by atoms with Gasteiger partial charge in [-0.2, -0.15) is 5.10 Å². The molecule has 1 fully saturated rings. The molecule has 29 heavy (non-hydrogen) atoms. The van der Waals surface area contributed by atoms with Crippen LogP contribution in [0.5, 0.6) is 0 Å². The number of hydrogen-bond acceptors (Lipinski definition) is 4. The number of aryl methyl sites for hydroxylation is 1. The molecule has 1 aromatic carbocycles. The van der Waals surface area contributed by atoms with Crippen LogP contribution < -0.4 is 22.5 Å². The van der Waals surface area contributed by atoms with Gasteiger partial charge in [-0.05, 0) is 86.5 Å². The van der Waals surface area contributed by atoms with Gasteiger partial charge in [-0.15, -0.1) is 0 Å². The summed E-state index contributed by atoms with van der Waals surface area (Å²) < 4.78 is 1.58. The summed E-state index contributed by atoms with van der Waals surface area (Å²) in [6, 6.07) is 9.07. The summed E-state index contributed by atoms with van der Waals surface area (Å²) in [4.78, 5) is 3.68. The summed E-state index contributed by atoms with van der Waals surface area (Å²) in [5.41, 5.74) is 8.70. The summed E-state index contributed by atoms with van der Waals surface area (Å²) in [7, 11) is 0. The van der Waals surface area contributed by atoms with Gasteiger partial charge in [0.25, 0.3) is 0 Å². The van der Waals surface area contributed by atoms with E-state index in [2.05, 4.69) is 53.5 Å². The van der Waals surface area contributed by atoms with Crippen molar-refractivity contribution in [2.45, 2.75) is 52.4 Å². The number of piperidine rings is 1. The molecule has 4 rings (SSSR count). The number of benzene rings is 1. The predicted molar refractivity (Wildman–Crippen MR) is 120 cm³/mol. The van der Waals surface area contributed by atoms with Crippen LogP contribution in [-0.4, -0.2) is 22.7 Å². The molecule has 6 heteroatoms. The smallest absolute Gasteiger partial charge is 0.173 e. The molecule has 2 aromatic heterocycles. The maximum atomic E-state index is 6.30. The SMILES string of the molecule is Cc1cc(-c2[nH]c3ccc(C4CCNCC4)cc3c2C(C)C)c(C)n(N)/c1=N\N. The first-order chi connectivity index (χ1) is 13.9. The molecule has 0 saturated carbocycles. The fraction of sp³-hybridized carbons (Fsp3) is 0.435. The number of aromatic nitrogens is 2. The van der Waals surface area contributed by atoms with E-state index in [1.807, 2.05) is 13.8 Å². The lowest BCUT2D eigenvalue weighted by Gasteiger charge is -2.23. The molecule has 0 atom stereocenters. The predicted octanol–water partition coefficient (Wildman–Crippen LogP) is 3.33. The Morgan fingerprint density at radius 3 is 2.52 bits per heavy atom. The molecule has 3 aromatic rings. The van der Waals surface area contributed by atoms with Gasteiger partial charge in [0.2, 0.25) is 0 Å². The highest BCUT2D eigenvalue weighted by atomic mass is 15.3. The van der Waals surface area contributed by atoms with E-state index in [9.17, 15) is 0 Å². The third-order valence-electron chi connectivity index (χ3n) is 6.34. The van der Waals surface area contributed by atoms with Crippen LogP contribution in [-0.2, 0) is 0 Å². The molecule has 0 radical (unpaired) electrons. The number of fused-ring (bicyclic) bond motifs is 1. The highest BCUT2D eigenvalue weighted by molar-refractivity contribution is 5.92. The number of nitrogen functional groups attached to an aromatic ring is 1. The molecule has 0 amide bonds. The molecule has 154 valence electrons. The number of nitrogens with one attached hydrogen (secondary N) is 2. The van der Waals surface area contributed by atoms with Crippen molar-refractivity contribution in [1.82, 2.24) is 15.0 Å². The second-order valence-corrected chi connectivity index (χ2v) is 8.55. The minimum Gasteiger partial charge on any atom is -0.354 e. The molecule has 3 heterocycles. The van der Waals surface area contributed by atoms with E-state index in [0.717, 1.165) is 35.6 Å². The molecule has 0 bridgehead atoms. The molecule has 0 spiro atoms. The van der Waals surface area contributed by atoms with E-state index in [1.165, 1.54) is 34.9 Å². The summed E-state index contributed by atoms with van der Waals surface area (Å²) in [5.74, 6) is 12.9. The standard InChI is InChI=1S/C23H32N6/c1-13(2)21-19-12-17(16-7-9-26-10-8-16)5-6-20(19)27-22(21)18-11-14(3)23(28-24)29(25)15(18)4/h5-6,11-13,16,26-27H,7-10,24-25H2,1-4H3/b28-23-. The third-order valence-corrected chi connectivity index (χ3v) is 6.34. The Hall–Kier alpha value is -2.73. The van der Waals surface area contributed by atoms with Gasteiger partial charge in [0.05, 0.1) is 5.69 Å². The highest BCUT2D eigenvalue weighted by Crippen LogP contribution is 2.38. The Bertz CT molecular complexity index is 1110. The molecule has 6 nitrogen and oxygen atoms in total. The van der Waals surface area contributed by atoms with Crippen LogP contribution >= 0.6 is 0 Å². The quantitative estimate of drug-likeness (QED) is 0.406. The molecule has 0 unspecified atom stereocenters. The van der Waals surface area contributed by atoms with Crippen molar-refractivity contribution in [3.05, 3.63) is 52.1 Å². The number of aromatic amines is 1. The summed E-state index contributed by atoms with van der Waals surface area (Å²) >= 11 is 0. The van der Waals surface area contributed by atoms with Gasteiger partial charge in [0.1, 0.15) is 0 Å². The van der Waals surface area contributed by atoms with Crippen molar-refractivity contribution in [3.8, 4) is 11.3 Å². The summed E-state index contributed by atoms with van der Waals surface area (Å²) in [5, 5.41) is 8.64. The lowest BCUT2D eigenvalue weighted by molar-refractivity contribution is 0.460. The summed E-state index contributed by atoms with van der Waals surface area (Å²) in [6.07, 6.45) is 2.41. The first kappa shape index (κ1) is 19.6. The molecule has 1 aliphatic rings. The fourth-order valence-corrected chi connectivity index (χ4v) is 4.73. The number of pyridine rings is 1. The zero-order valence-corrected chi connectivity index (χ0v) is 17.8. The third kappa shape index (κ3) is 3.31. The molecule has 1 aliphatic heterocycles. The number of nitrogens with two attached hydrogens (primary N) is 2. The van der Waals surface area contributed by atoms with Gasteiger partial charge in [-0.1, -0.05) is 19.9 Å². The molecular formula is C23H32N6. The van der Waals surface area contributed by atoms with Crippen LogP contribution in [0.25, 0.3) is 22.2 Å². The lowest BCUT2D eigenvalue weighted by atomic mass is 9.88. The van der Waals surface area contributed by atoms with E-state index in [0.29, 0.717) is 17.3 Å². The van der Waals surface area contributed by atoms with Gasteiger partial charge in [0, 0.05) is 22.2 Å². The average molecular weight is 393 g/mol. The van der Waals surface area contributed by atoms with E-state index in [1.54, 1.807) is 4.68 Å². The van der Waals surface area contributed by atoms with Crippen molar-refractivity contribution in [3.63, 3.8) is 0 Å². The normalized spacial score (nSPS) is 16.2. The molecule has 0 aliphatic carbocycles. The van der Waals surface area contributed by atoms with Crippen molar-refractivity contribution < 1.29 is 0 Å². The first-order valence-corrected chi connectivity index (χ1v) is 10.5. The maximum absolute atomic E-state index is 6.30. The van der Waals surface area contributed by atoms with Crippen LogP contribution in [0.15, 0.2) is 29.4 Å². The van der Waals surface area contributed by atoms with Crippen LogP contribution in [0.1, 0.15) is 60.9 Å². The van der Waals surface area contributed by atoms with Gasteiger partial charge in [0.15, 0.2) is 5.49 Å². The van der Waals surface area contributed by atoms with Crippen LogP contribution in [0.4, 0.5) is 0 Å². The lowest BCUT2D eigenvalue weighted by Crippen LogP contribution is -2.33. The maximum Gasteiger partial charge on any atom is 0.173 e. The van der Waals surface area contributed by atoms with Crippen molar-refractivity contribution in [2.24, 2.45) is 10.9 Å². The Morgan fingerprint density at radius 2 is 1.86 bits per heavy atom. The van der Waals surface area contributed by atoms with E-state index in [4.69, 9.17) is 11.7 Å². The van der Waals surface area contributed by atoms with E-state index < -0.39 is 0 Å². The fourth-order valence-electron chi connectivity index (χ4n) is 4.73. The van der Waals surface area contributed by atoms with Crippen molar-refractivity contribution >= 4 is 10.9 Å². The Labute approximate surface area is 172 Å². The average Bonchev–Trinajstić information content (AvgIpc) is 3.10. The van der Waals surface area contributed by atoms with Gasteiger partial charge >= 0.3 is 0 Å². The van der Waals surface area contributed by atoms with Crippen LogP contribution in [0.2, 0.25) is 0 Å². The first-order valence-electron chi connectivity index (χ1n) is 10.5. The summed E-state index contributed by atoms with van der Waals surface area (Å²) in [6.45, 7) is 10.7. The second kappa shape index (κ2) is 7.59. The number of nitrogens with zero attached hydrogens (tertiary/aromatic N) is 2. The zero-order valence-electron chi connectivity index (χ0n) is 17.8. The van der Waals surface area contributed by atoms with Gasteiger partial charge < -0.3 is 22.0 Å². The Morgan fingerprint density at radius 1 is 1.14 bits per heavy atom. The van der Waals surface area contributed by atoms with Gasteiger partial charge in [-0.3, -0.25) is 0 Å². The van der Waals surface area contributed by atoms with Crippen molar-refractivity contribution in [2.75, 3.05) is 18.9 Å². The minimum atomic E-state index is 0.381. The van der Waals surface area contributed by atoms with Crippen LogP contribution in [0.3, 0.4) is 0 Å². The molecule has 1 saturated heterocycles. The zero-order chi connectivity index (χ0) is 20.7. The monoisotopic (exact) mass is 392 g/mol.